The zero-order valence-electron chi connectivity index (χ0n) is 14.1. The number of aromatic nitrogens is 3. The summed E-state index contributed by atoms with van der Waals surface area (Å²) in [6.07, 6.45) is 0. The lowest BCUT2D eigenvalue weighted by Gasteiger charge is -2.11. The third-order valence-electron chi connectivity index (χ3n) is 3.49. The molecule has 0 radical (unpaired) electrons. The highest BCUT2D eigenvalue weighted by atomic mass is 32.2. The number of benzene rings is 2. The maximum absolute atomic E-state index is 14.4. The summed E-state index contributed by atoms with van der Waals surface area (Å²) in [7, 11) is 0. The van der Waals surface area contributed by atoms with Crippen LogP contribution < -0.4 is 10.5 Å². The quantitative estimate of drug-likeness (QED) is 0.645. The summed E-state index contributed by atoms with van der Waals surface area (Å²) < 4.78 is 21.4. The van der Waals surface area contributed by atoms with Crippen LogP contribution in [0.3, 0.4) is 0 Å². The Kier molecular flexibility index (Phi) is 5.52. The molecule has 0 aliphatic rings. The number of rotatable bonds is 7. The minimum absolute atomic E-state index is 0.0237. The zero-order valence-corrected chi connectivity index (χ0v) is 14.9. The predicted molar refractivity (Wildman–Crippen MR) is 97.8 cm³/mol. The molecule has 3 aromatic rings. The van der Waals surface area contributed by atoms with Crippen molar-refractivity contribution >= 4 is 17.7 Å². The van der Waals surface area contributed by atoms with Crippen molar-refractivity contribution in [1.82, 2.24) is 14.8 Å². The molecular formula is C18H17FN4O2S. The highest BCUT2D eigenvalue weighted by Gasteiger charge is 2.19. The van der Waals surface area contributed by atoms with Crippen molar-refractivity contribution in [2.75, 3.05) is 12.4 Å². The van der Waals surface area contributed by atoms with Gasteiger partial charge >= 0.3 is 0 Å². The number of hydrogen-bond donors (Lipinski definition) is 1. The standard InChI is InChI=1S/C18H17FN4O2S/c1-2-25-13-9-7-12(8-10-13)17-21-22-18(26-11-16(20)24)23(17)15-6-4-3-5-14(15)19/h3-10H,2,11H2,1H3,(H2,20,24). The maximum atomic E-state index is 14.4. The molecule has 1 aromatic heterocycles. The van der Waals surface area contributed by atoms with Gasteiger partial charge in [0, 0.05) is 5.56 Å². The lowest BCUT2D eigenvalue weighted by molar-refractivity contribution is -0.115. The van der Waals surface area contributed by atoms with Crippen LogP contribution in [0, 0.1) is 5.82 Å². The first-order valence-electron chi connectivity index (χ1n) is 7.94. The first kappa shape index (κ1) is 17.9. The lowest BCUT2D eigenvalue weighted by atomic mass is 10.2. The van der Waals surface area contributed by atoms with Gasteiger partial charge in [0.05, 0.1) is 18.0 Å². The van der Waals surface area contributed by atoms with Crippen LogP contribution in [-0.4, -0.2) is 33.0 Å². The Labute approximate surface area is 154 Å². The average molecular weight is 372 g/mol. The number of thioether (sulfide) groups is 1. The van der Waals surface area contributed by atoms with Crippen molar-refractivity contribution < 1.29 is 13.9 Å². The van der Waals surface area contributed by atoms with Crippen molar-refractivity contribution in [2.45, 2.75) is 12.1 Å². The fourth-order valence-corrected chi connectivity index (χ4v) is 3.09. The number of amides is 1. The van der Waals surface area contributed by atoms with Crippen molar-refractivity contribution in [3.63, 3.8) is 0 Å². The highest BCUT2D eigenvalue weighted by Crippen LogP contribution is 2.30. The van der Waals surface area contributed by atoms with Crippen molar-refractivity contribution in [3.8, 4) is 22.8 Å². The van der Waals surface area contributed by atoms with Crippen LogP contribution in [0.15, 0.2) is 53.7 Å². The van der Waals surface area contributed by atoms with Gasteiger partial charge in [-0.2, -0.15) is 0 Å². The molecule has 0 saturated carbocycles. The zero-order chi connectivity index (χ0) is 18.5. The summed E-state index contributed by atoms with van der Waals surface area (Å²) in [5, 5.41) is 8.69. The molecule has 6 nitrogen and oxygen atoms in total. The number of carbonyl (C=O) groups is 1. The highest BCUT2D eigenvalue weighted by molar-refractivity contribution is 7.99. The fraction of sp³-hybridized carbons (Fsp3) is 0.167. The summed E-state index contributed by atoms with van der Waals surface area (Å²) >= 11 is 1.11. The third-order valence-corrected chi connectivity index (χ3v) is 4.45. The van der Waals surface area contributed by atoms with Gasteiger partial charge in [0.2, 0.25) is 5.91 Å². The second-order valence-corrected chi connectivity index (χ2v) is 6.25. The molecule has 3 rings (SSSR count). The monoisotopic (exact) mass is 372 g/mol. The molecule has 0 saturated heterocycles. The van der Waals surface area contributed by atoms with Gasteiger partial charge in [-0.1, -0.05) is 23.9 Å². The topological polar surface area (TPSA) is 83.0 Å². The molecule has 2 N–H and O–H groups in total. The summed E-state index contributed by atoms with van der Waals surface area (Å²) in [6.45, 7) is 2.48. The predicted octanol–water partition coefficient (Wildman–Crippen LogP) is 3.05. The molecule has 0 atom stereocenters. The van der Waals surface area contributed by atoms with E-state index in [4.69, 9.17) is 10.5 Å². The number of carbonyl (C=O) groups excluding carboxylic acids is 1. The number of nitrogens with zero attached hydrogens (tertiary/aromatic N) is 3. The minimum atomic E-state index is -0.485. The molecule has 0 bridgehead atoms. The molecule has 8 heteroatoms. The first-order chi connectivity index (χ1) is 12.6. The van der Waals surface area contributed by atoms with Crippen molar-refractivity contribution in [1.29, 1.82) is 0 Å². The van der Waals surface area contributed by atoms with Gasteiger partial charge in [-0.3, -0.25) is 9.36 Å². The van der Waals surface area contributed by atoms with Crippen molar-refractivity contribution in [3.05, 3.63) is 54.3 Å². The normalized spacial score (nSPS) is 10.7. The number of hydrogen-bond acceptors (Lipinski definition) is 5. The SMILES string of the molecule is CCOc1ccc(-c2nnc(SCC(N)=O)n2-c2ccccc2F)cc1. The second kappa shape index (κ2) is 8.01. The summed E-state index contributed by atoms with van der Waals surface area (Å²) in [5.41, 5.74) is 6.26. The Morgan fingerprint density at radius 3 is 2.58 bits per heavy atom. The smallest absolute Gasteiger partial charge is 0.227 e. The maximum Gasteiger partial charge on any atom is 0.227 e. The van der Waals surface area contributed by atoms with Crippen LogP contribution in [0.5, 0.6) is 5.75 Å². The molecule has 0 fully saturated rings. The third kappa shape index (κ3) is 3.85. The Morgan fingerprint density at radius 1 is 1.19 bits per heavy atom. The molecular weight excluding hydrogens is 355 g/mol. The fourth-order valence-electron chi connectivity index (χ4n) is 2.40. The molecule has 134 valence electrons. The van der Waals surface area contributed by atoms with E-state index in [-0.39, 0.29) is 5.75 Å². The molecule has 1 heterocycles. The van der Waals surface area contributed by atoms with Gasteiger partial charge in [-0.15, -0.1) is 10.2 Å². The Balaban J connectivity index is 2.07. The van der Waals surface area contributed by atoms with E-state index in [1.807, 2.05) is 31.2 Å². The van der Waals surface area contributed by atoms with Gasteiger partial charge in [0.15, 0.2) is 11.0 Å². The molecule has 0 aliphatic carbocycles. The van der Waals surface area contributed by atoms with Crippen molar-refractivity contribution in [2.24, 2.45) is 5.73 Å². The van der Waals surface area contributed by atoms with E-state index < -0.39 is 11.7 Å². The number of para-hydroxylation sites is 1. The number of nitrogens with two attached hydrogens (primary N) is 1. The van der Waals surface area contributed by atoms with Gasteiger partial charge in [-0.05, 0) is 43.3 Å². The van der Waals surface area contributed by atoms with E-state index in [2.05, 4.69) is 10.2 Å². The molecule has 0 spiro atoms. The van der Waals surface area contributed by atoms with Crippen LogP contribution in [-0.2, 0) is 4.79 Å². The summed E-state index contributed by atoms with van der Waals surface area (Å²) in [4.78, 5) is 11.1. The number of primary amides is 1. The van der Waals surface area contributed by atoms with E-state index in [0.717, 1.165) is 23.1 Å². The van der Waals surface area contributed by atoms with Crippen LogP contribution >= 0.6 is 11.8 Å². The summed E-state index contributed by atoms with van der Waals surface area (Å²) in [6, 6.07) is 13.6. The van der Waals surface area contributed by atoms with Gasteiger partial charge < -0.3 is 10.5 Å². The number of ether oxygens (including phenoxy) is 1. The summed E-state index contributed by atoms with van der Waals surface area (Å²) in [5.74, 6) is 0.318. The molecule has 0 aliphatic heterocycles. The average Bonchev–Trinajstić information content (AvgIpc) is 3.05. The lowest BCUT2D eigenvalue weighted by Crippen LogP contribution is -2.14. The molecule has 1 amide bonds. The molecule has 0 unspecified atom stereocenters. The van der Waals surface area contributed by atoms with Crippen LogP contribution in [0.1, 0.15) is 6.92 Å². The largest absolute Gasteiger partial charge is 0.494 e. The molecule has 2 aromatic carbocycles. The van der Waals surface area contributed by atoms with Crippen LogP contribution in [0.25, 0.3) is 17.1 Å². The van der Waals surface area contributed by atoms with E-state index in [9.17, 15) is 9.18 Å². The second-order valence-electron chi connectivity index (χ2n) is 5.31. The van der Waals surface area contributed by atoms with Gasteiger partial charge in [0.1, 0.15) is 11.6 Å². The van der Waals surface area contributed by atoms with E-state index in [0.29, 0.717) is 23.3 Å². The molecule has 26 heavy (non-hydrogen) atoms. The van der Waals surface area contributed by atoms with Gasteiger partial charge in [-0.25, -0.2) is 4.39 Å². The number of halogens is 1. The van der Waals surface area contributed by atoms with E-state index in [1.165, 1.54) is 6.07 Å². The Morgan fingerprint density at radius 2 is 1.92 bits per heavy atom. The van der Waals surface area contributed by atoms with Crippen LogP contribution in [0.2, 0.25) is 0 Å². The minimum Gasteiger partial charge on any atom is -0.494 e. The first-order valence-corrected chi connectivity index (χ1v) is 8.93. The van der Waals surface area contributed by atoms with E-state index in [1.54, 1.807) is 22.8 Å². The van der Waals surface area contributed by atoms with Gasteiger partial charge in [0.25, 0.3) is 0 Å². The van der Waals surface area contributed by atoms with Crippen LogP contribution in [0.4, 0.5) is 4.39 Å². The Bertz CT molecular complexity index is 912. The Hall–Kier alpha value is -2.87. The van der Waals surface area contributed by atoms with E-state index >= 15 is 0 Å².